The second kappa shape index (κ2) is 13.4. The topological polar surface area (TPSA) is 47.6 Å². The highest BCUT2D eigenvalue weighted by Crippen LogP contribution is 2.16. The van der Waals surface area contributed by atoms with Crippen LogP contribution in [-0.2, 0) is 4.79 Å². The van der Waals surface area contributed by atoms with E-state index in [1.807, 2.05) is 0 Å². The van der Waals surface area contributed by atoms with Crippen LogP contribution in [0.2, 0.25) is 0 Å². The van der Waals surface area contributed by atoms with Gasteiger partial charge in [-0.1, -0.05) is 6.92 Å². The molecule has 0 aromatic carbocycles. The summed E-state index contributed by atoms with van der Waals surface area (Å²) < 4.78 is 0. The highest BCUT2D eigenvalue weighted by atomic mass is 35.5. The van der Waals surface area contributed by atoms with Crippen LogP contribution in [0.15, 0.2) is 0 Å². The van der Waals surface area contributed by atoms with Gasteiger partial charge in [0.2, 0.25) is 5.91 Å². The molecule has 8 heteroatoms. The fraction of sp³-hybridized carbons (Fsp3) is 0.938. The van der Waals surface area contributed by atoms with Gasteiger partial charge in [-0.2, -0.15) is 0 Å². The number of hydrogen-bond acceptors (Lipinski definition) is 4. The average Bonchev–Trinajstić information content (AvgIpc) is 2.52. The maximum absolute atomic E-state index is 12.3. The quantitative estimate of drug-likeness (QED) is 0.732. The van der Waals surface area contributed by atoms with Gasteiger partial charge in [0.25, 0.3) is 0 Å². The number of nitrogens with zero attached hydrogens (tertiary/aromatic N) is 2. The molecule has 146 valence electrons. The van der Waals surface area contributed by atoms with Crippen molar-refractivity contribution in [3.8, 4) is 0 Å². The van der Waals surface area contributed by atoms with Crippen LogP contribution in [0, 0.1) is 5.92 Å². The van der Waals surface area contributed by atoms with Crippen molar-refractivity contribution in [2.45, 2.75) is 45.7 Å². The van der Waals surface area contributed by atoms with Gasteiger partial charge in [0, 0.05) is 50.7 Å². The van der Waals surface area contributed by atoms with E-state index in [0.717, 1.165) is 58.7 Å². The van der Waals surface area contributed by atoms with Gasteiger partial charge in [-0.3, -0.25) is 9.69 Å². The Morgan fingerprint density at radius 3 is 2.38 bits per heavy atom. The van der Waals surface area contributed by atoms with E-state index in [2.05, 4.69) is 41.2 Å². The van der Waals surface area contributed by atoms with E-state index in [-0.39, 0.29) is 49.0 Å². The van der Waals surface area contributed by atoms with E-state index in [0.29, 0.717) is 12.1 Å². The molecule has 2 aliphatic rings. The molecule has 1 unspecified atom stereocenters. The number of hydrogen-bond donors (Lipinski definition) is 2. The maximum Gasteiger partial charge on any atom is 0.223 e. The molecule has 2 aliphatic heterocycles. The minimum Gasteiger partial charge on any atom is -0.354 e. The number of piperazine rings is 1. The Hall–Kier alpha value is 0.220. The van der Waals surface area contributed by atoms with Crippen molar-refractivity contribution in [1.82, 2.24) is 20.4 Å². The molecule has 0 aliphatic carbocycles. The van der Waals surface area contributed by atoms with Gasteiger partial charge in [-0.05, 0) is 39.8 Å². The van der Waals surface area contributed by atoms with Gasteiger partial charge < -0.3 is 15.5 Å². The van der Waals surface area contributed by atoms with Crippen LogP contribution in [0.4, 0.5) is 0 Å². The lowest BCUT2D eigenvalue weighted by Crippen LogP contribution is -2.52. The summed E-state index contributed by atoms with van der Waals surface area (Å²) in [5.74, 6) is 0.452. The molecule has 5 nitrogen and oxygen atoms in total. The summed E-state index contributed by atoms with van der Waals surface area (Å²) in [6.07, 6.45) is 1.94. The lowest BCUT2D eigenvalue weighted by molar-refractivity contribution is -0.126. The zero-order valence-electron chi connectivity index (χ0n) is 15.1. The molecular formula is C16H35Cl3N4O. The lowest BCUT2D eigenvalue weighted by Gasteiger charge is -2.38. The van der Waals surface area contributed by atoms with Gasteiger partial charge in [0.1, 0.15) is 0 Å². The van der Waals surface area contributed by atoms with Crippen LogP contribution in [0.3, 0.4) is 0 Å². The van der Waals surface area contributed by atoms with Gasteiger partial charge in [0.05, 0.1) is 0 Å². The number of amides is 1. The molecule has 0 saturated carbocycles. The summed E-state index contributed by atoms with van der Waals surface area (Å²) in [4.78, 5) is 17.2. The molecule has 2 saturated heterocycles. The molecule has 0 aromatic rings. The minimum atomic E-state index is 0. The molecule has 2 N–H and O–H groups in total. The predicted octanol–water partition coefficient (Wildman–Crippen LogP) is 1.78. The third kappa shape index (κ3) is 8.07. The molecule has 2 fully saturated rings. The maximum atomic E-state index is 12.3. The third-order valence-corrected chi connectivity index (χ3v) is 5.04. The van der Waals surface area contributed by atoms with Crippen LogP contribution < -0.4 is 10.6 Å². The molecule has 0 spiro atoms. The fourth-order valence-corrected chi connectivity index (χ4v) is 3.41. The molecule has 1 amide bonds. The second-order valence-electron chi connectivity index (χ2n) is 6.64. The van der Waals surface area contributed by atoms with Gasteiger partial charge in [-0.25, -0.2) is 0 Å². The largest absolute Gasteiger partial charge is 0.354 e. The summed E-state index contributed by atoms with van der Waals surface area (Å²) in [6.45, 7) is 14.1. The summed E-state index contributed by atoms with van der Waals surface area (Å²) in [7, 11) is 0. The van der Waals surface area contributed by atoms with E-state index >= 15 is 0 Å². The van der Waals surface area contributed by atoms with Gasteiger partial charge in [-0.15, -0.1) is 37.2 Å². The Morgan fingerprint density at radius 2 is 1.83 bits per heavy atom. The summed E-state index contributed by atoms with van der Waals surface area (Å²) in [5.41, 5.74) is 0. The van der Waals surface area contributed by atoms with Crippen LogP contribution in [0.5, 0.6) is 0 Å². The zero-order chi connectivity index (χ0) is 15.2. The fourth-order valence-electron chi connectivity index (χ4n) is 3.41. The molecule has 2 heterocycles. The zero-order valence-corrected chi connectivity index (χ0v) is 17.6. The minimum absolute atomic E-state index is 0. The summed E-state index contributed by atoms with van der Waals surface area (Å²) in [6, 6.07) is 0.904. The molecule has 0 aromatic heterocycles. The standard InChI is InChI=1S/C16H32N4O.3ClH/c1-4-19-7-9-20(10-8-19)14(3)12-18-16(21)15-5-6-17-13(2)11-15;;;/h13-15,17H,4-12H2,1-3H3,(H,18,21);3*1H/t13-,14?,15-;;;/m0.../s1. The predicted molar refractivity (Wildman–Crippen MR) is 108 cm³/mol. The molecular weight excluding hydrogens is 371 g/mol. The summed E-state index contributed by atoms with van der Waals surface area (Å²) >= 11 is 0. The monoisotopic (exact) mass is 404 g/mol. The van der Waals surface area contributed by atoms with Crippen LogP contribution >= 0.6 is 37.2 Å². The lowest BCUT2D eigenvalue weighted by atomic mass is 9.92. The van der Waals surface area contributed by atoms with Crippen molar-refractivity contribution >= 4 is 43.1 Å². The van der Waals surface area contributed by atoms with E-state index < -0.39 is 0 Å². The Morgan fingerprint density at radius 1 is 1.21 bits per heavy atom. The Bertz CT molecular complexity index is 341. The molecule has 24 heavy (non-hydrogen) atoms. The number of likely N-dealkylation sites (N-methyl/N-ethyl adjacent to an activating group) is 1. The van der Waals surface area contributed by atoms with E-state index in [1.165, 1.54) is 0 Å². The van der Waals surface area contributed by atoms with Crippen LogP contribution in [0.1, 0.15) is 33.6 Å². The van der Waals surface area contributed by atoms with Crippen molar-refractivity contribution < 1.29 is 4.79 Å². The molecule has 2 rings (SSSR count). The number of rotatable bonds is 5. The number of piperidine rings is 1. The van der Waals surface area contributed by atoms with Crippen molar-refractivity contribution in [2.24, 2.45) is 5.92 Å². The van der Waals surface area contributed by atoms with Gasteiger partial charge >= 0.3 is 0 Å². The summed E-state index contributed by atoms with van der Waals surface area (Å²) in [5, 5.41) is 6.57. The van der Waals surface area contributed by atoms with E-state index in [1.54, 1.807) is 0 Å². The van der Waals surface area contributed by atoms with Crippen molar-refractivity contribution in [3.05, 3.63) is 0 Å². The number of halogens is 3. The van der Waals surface area contributed by atoms with Crippen LogP contribution in [0.25, 0.3) is 0 Å². The van der Waals surface area contributed by atoms with Gasteiger partial charge in [0.15, 0.2) is 0 Å². The normalized spacial score (nSPS) is 26.3. The van der Waals surface area contributed by atoms with E-state index in [9.17, 15) is 4.79 Å². The molecule has 0 radical (unpaired) electrons. The Labute approximate surface area is 165 Å². The first-order valence-corrected chi connectivity index (χ1v) is 8.57. The Balaban J connectivity index is 0. The Kier molecular flexibility index (Phi) is 14.8. The first kappa shape index (κ1) is 26.4. The number of carbonyl (C=O) groups is 1. The first-order valence-electron chi connectivity index (χ1n) is 8.57. The SMILES string of the molecule is CCN1CCN(C(C)CNC(=O)[C@H]2CCN[C@@H](C)C2)CC1.Cl.Cl.Cl. The molecule has 3 atom stereocenters. The second-order valence-corrected chi connectivity index (χ2v) is 6.64. The van der Waals surface area contributed by atoms with Crippen molar-refractivity contribution in [2.75, 3.05) is 45.8 Å². The van der Waals surface area contributed by atoms with E-state index in [4.69, 9.17) is 0 Å². The number of nitrogens with one attached hydrogen (secondary N) is 2. The number of carbonyl (C=O) groups excluding carboxylic acids is 1. The average molecular weight is 406 g/mol. The molecule has 0 bridgehead atoms. The highest BCUT2D eigenvalue weighted by molar-refractivity contribution is 5.86. The smallest absolute Gasteiger partial charge is 0.223 e. The third-order valence-electron chi connectivity index (χ3n) is 5.04. The van der Waals surface area contributed by atoms with Crippen molar-refractivity contribution in [1.29, 1.82) is 0 Å². The highest BCUT2D eigenvalue weighted by Gasteiger charge is 2.26. The van der Waals surface area contributed by atoms with Crippen molar-refractivity contribution in [3.63, 3.8) is 0 Å². The first-order chi connectivity index (χ1) is 10.1. The van der Waals surface area contributed by atoms with Crippen LogP contribution in [-0.4, -0.2) is 73.6 Å².